The van der Waals surface area contributed by atoms with Gasteiger partial charge in [0.1, 0.15) is 0 Å². The van der Waals surface area contributed by atoms with Crippen LogP contribution >= 0.6 is 0 Å². The number of hydrogen-bond donors (Lipinski definition) is 3. The van der Waals surface area contributed by atoms with Crippen LogP contribution in [0, 0.1) is 0 Å². The number of allylic oxidation sites excluding steroid dienone is 10. The summed E-state index contributed by atoms with van der Waals surface area (Å²) in [6.07, 6.45) is 28.6. The number of nitrogens with one attached hydrogen (secondary N) is 1. The maximum absolute atomic E-state index is 11.5. The Morgan fingerprint density at radius 2 is 1.22 bits per heavy atom. The van der Waals surface area contributed by atoms with E-state index in [1.54, 1.807) is 0 Å². The molecule has 0 aliphatic heterocycles. The predicted octanol–water partition coefficient (Wildman–Crippen LogP) is 4.38. The number of carbonyl (C=O) groups is 1. The molecule has 0 bridgehead atoms. The van der Waals surface area contributed by atoms with E-state index in [2.05, 4.69) is 73.0 Å². The second-order valence-electron chi connectivity index (χ2n) is 6.23. The first-order valence-corrected chi connectivity index (χ1v) is 10.0. The van der Waals surface area contributed by atoms with Gasteiger partial charge in [-0.3, -0.25) is 4.79 Å². The topological polar surface area (TPSA) is 69.6 Å². The molecule has 0 unspecified atom stereocenters. The van der Waals surface area contributed by atoms with E-state index in [4.69, 9.17) is 10.2 Å². The van der Waals surface area contributed by atoms with Crippen LogP contribution in [0.4, 0.5) is 0 Å². The Hall–Kier alpha value is -1.91. The second-order valence-corrected chi connectivity index (χ2v) is 6.23. The quantitative estimate of drug-likeness (QED) is 0.277. The first-order chi connectivity index (χ1) is 13.2. The number of rotatable bonds is 16. The summed E-state index contributed by atoms with van der Waals surface area (Å²) in [4.78, 5) is 11.5. The number of amides is 1. The third kappa shape index (κ3) is 18.7. The minimum atomic E-state index is -0.550. The van der Waals surface area contributed by atoms with Crippen LogP contribution in [0.5, 0.6) is 0 Å². The lowest BCUT2D eigenvalue weighted by molar-refractivity contribution is -0.122. The zero-order valence-electron chi connectivity index (χ0n) is 16.7. The van der Waals surface area contributed by atoms with Crippen molar-refractivity contribution in [1.82, 2.24) is 5.32 Å². The molecule has 1 amide bonds. The van der Waals surface area contributed by atoms with Crippen molar-refractivity contribution >= 4 is 5.91 Å². The van der Waals surface area contributed by atoms with Crippen molar-refractivity contribution in [3.8, 4) is 0 Å². The molecule has 152 valence electrons. The lowest BCUT2D eigenvalue weighted by Crippen LogP contribution is -2.39. The van der Waals surface area contributed by atoms with Crippen molar-refractivity contribution in [2.45, 2.75) is 64.3 Å². The summed E-state index contributed by atoms with van der Waals surface area (Å²) in [7, 11) is 0. The molecular weight excluding hydrogens is 338 g/mol. The Labute approximate surface area is 165 Å². The van der Waals surface area contributed by atoms with Crippen molar-refractivity contribution in [3.05, 3.63) is 60.8 Å². The first-order valence-electron chi connectivity index (χ1n) is 10.0. The van der Waals surface area contributed by atoms with Gasteiger partial charge in [0.2, 0.25) is 5.91 Å². The monoisotopic (exact) mass is 375 g/mol. The zero-order valence-corrected chi connectivity index (χ0v) is 16.7. The standard InChI is InChI=1S/C23H37NO3/c1-2-3-4-5-6-7-8-9-10-11-12-13-14-15-16-17-18-19-23(27)24-22(20-25)21-26/h3-4,6-7,9-10,12-13,15-16,22,25-26H,2,5,8,11,14,17-21H2,1H3,(H,24,27)/b4-3-,7-6-,10-9-,13-12-,16-15-. The fourth-order valence-electron chi connectivity index (χ4n) is 2.20. The van der Waals surface area contributed by atoms with Crippen LogP contribution in [0.1, 0.15) is 58.3 Å². The molecule has 0 saturated carbocycles. The van der Waals surface area contributed by atoms with Gasteiger partial charge in [0.15, 0.2) is 0 Å². The fraction of sp³-hybridized carbons (Fsp3) is 0.522. The van der Waals surface area contributed by atoms with Crippen molar-refractivity contribution < 1.29 is 15.0 Å². The molecule has 0 radical (unpaired) electrons. The van der Waals surface area contributed by atoms with E-state index >= 15 is 0 Å². The number of unbranched alkanes of at least 4 members (excludes halogenated alkanes) is 1. The van der Waals surface area contributed by atoms with Crippen LogP contribution in [0.25, 0.3) is 0 Å². The average Bonchev–Trinajstić information content (AvgIpc) is 2.68. The van der Waals surface area contributed by atoms with E-state index in [1.165, 1.54) is 0 Å². The Morgan fingerprint density at radius 3 is 1.67 bits per heavy atom. The molecule has 27 heavy (non-hydrogen) atoms. The van der Waals surface area contributed by atoms with Crippen LogP contribution in [0.2, 0.25) is 0 Å². The largest absolute Gasteiger partial charge is 0.394 e. The van der Waals surface area contributed by atoms with Crippen LogP contribution in [0.3, 0.4) is 0 Å². The summed E-state index contributed by atoms with van der Waals surface area (Å²) >= 11 is 0. The highest BCUT2D eigenvalue weighted by atomic mass is 16.3. The van der Waals surface area contributed by atoms with Crippen LogP contribution in [0.15, 0.2) is 60.8 Å². The third-order valence-electron chi connectivity index (χ3n) is 3.74. The van der Waals surface area contributed by atoms with Crippen molar-refractivity contribution in [2.24, 2.45) is 0 Å². The van der Waals surface area contributed by atoms with E-state index < -0.39 is 6.04 Å². The summed E-state index contributed by atoms with van der Waals surface area (Å²) in [5.74, 6) is -0.129. The Bertz CT molecular complexity index is 486. The molecule has 0 saturated heterocycles. The minimum Gasteiger partial charge on any atom is -0.394 e. The summed E-state index contributed by atoms with van der Waals surface area (Å²) in [6.45, 7) is 1.66. The lowest BCUT2D eigenvalue weighted by atomic mass is 10.2. The van der Waals surface area contributed by atoms with Gasteiger partial charge >= 0.3 is 0 Å². The zero-order chi connectivity index (χ0) is 20.0. The van der Waals surface area contributed by atoms with Gasteiger partial charge in [-0.05, 0) is 44.9 Å². The molecule has 0 aromatic carbocycles. The maximum Gasteiger partial charge on any atom is 0.220 e. The van der Waals surface area contributed by atoms with Gasteiger partial charge in [0.05, 0.1) is 19.3 Å². The molecule has 0 aliphatic carbocycles. The molecule has 0 spiro atoms. The molecule has 0 atom stereocenters. The number of aliphatic hydroxyl groups excluding tert-OH is 2. The maximum atomic E-state index is 11.5. The lowest BCUT2D eigenvalue weighted by Gasteiger charge is -2.12. The minimum absolute atomic E-state index is 0.129. The molecule has 0 rings (SSSR count). The van der Waals surface area contributed by atoms with Crippen molar-refractivity contribution in [3.63, 3.8) is 0 Å². The molecule has 0 aliphatic rings. The Morgan fingerprint density at radius 1 is 0.778 bits per heavy atom. The Balaban J connectivity index is 3.58. The highest BCUT2D eigenvalue weighted by molar-refractivity contribution is 5.76. The van der Waals surface area contributed by atoms with Gasteiger partial charge in [0.25, 0.3) is 0 Å². The third-order valence-corrected chi connectivity index (χ3v) is 3.74. The average molecular weight is 376 g/mol. The van der Waals surface area contributed by atoms with E-state index in [0.29, 0.717) is 6.42 Å². The summed E-state index contributed by atoms with van der Waals surface area (Å²) < 4.78 is 0. The highest BCUT2D eigenvalue weighted by Gasteiger charge is 2.08. The first kappa shape index (κ1) is 25.1. The Kier molecular flexibility index (Phi) is 19.0. The van der Waals surface area contributed by atoms with Gasteiger partial charge < -0.3 is 15.5 Å². The van der Waals surface area contributed by atoms with Gasteiger partial charge in [-0.2, -0.15) is 0 Å². The van der Waals surface area contributed by atoms with Crippen LogP contribution in [-0.4, -0.2) is 35.4 Å². The molecule has 0 aromatic heterocycles. The number of aliphatic hydroxyl groups is 2. The van der Waals surface area contributed by atoms with E-state index in [-0.39, 0.29) is 19.1 Å². The second kappa shape index (κ2) is 20.4. The van der Waals surface area contributed by atoms with E-state index in [1.807, 2.05) is 0 Å². The van der Waals surface area contributed by atoms with Crippen LogP contribution < -0.4 is 5.32 Å². The fourth-order valence-corrected chi connectivity index (χ4v) is 2.20. The van der Waals surface area contributed by atoms with Gasteiger partial charge in [-0.1, -0.05) is 67.7 Å². The van der Waals surface area contributed by atoms with Crippen molar-refractivity contribution in [1.29, 1.82) is 0 Å². The smallest absolute Gasteiger partial charge is 0.220 e. The number of carbonyl (C=O) groups excluding carboxylic acids is 1. The summed E-state index contributed by atoms with van der Waals surface area (Å²) in [5.41, 5.74) is 0. The summed E-state index contributed by atoms with van der Waals surface area (Å²) in [6, 6.07) is -0.550. The molecule has 4 heteroatoms. The number of hydrogen-bond acceptors (Lipinski definition) is 3. The molecule has 4 nitrogen and oxygen atoms in total. The SMILES string of the molecule is CC/C=C\C/C=C\C/C=C\C/C=C\C/C=C\CCCC(=O)NC(CO)CO. The molecule has 0 fully saturated rings. The van der Waals surface area contributed by atoms with Crippen molar-refractivity contribution in [2.75, 3.05) is 13.2 Å². The van der Waals surface area contributed by atoms with E-state index in [9.17, 15) is 4.79 Å². The highest BCUT2D eigenvalue weighted by Crippen LogP contribution is 2.00. The molecule has 3 N–H and O–H groups in total. The predicted molar refractivity (Wildman–Crippen MR) is 114 cm³/mol. The van der Waals surface area contributed by atoms with Gasteiger partial charge in [0, 0.05) is 6.42 Å². The van der Waals surface area contributed by atoms with Gasteiger partial charge in [-0.15, -0.1) is 0 Å². The summed E-state index contributed by atoms with van der Waals surface area (Å²) in [5, 5.41) is 20.4. The van der Waals surface area contributed by atoms with E-state index in [0.717, 1.165) is 44.9 Å². The van der Waals surface area contributed by atoms with Gasteiger partial charge in [-0.25, -0.2) is 0 Å². The normalized spacial score (nSPS) is 12.7. The molecule has 0 aromatic rings. The molecular formula is C23H37NO3. The molecule has 0 heterocycles. The van der Waals surface area contributed by atoms with Crippen LogP contribution in [-0.2, 0) is 4.79 Å².